The van der Waals surface area contributed by atoms with Crippen molar-refractivity contribution in [3.63, 3.8) is 0 Å². The molecule has 0 bridgehead atoms. The number of fused-ring (bicyclic) bond motifs is 2. The van der Waals surface area contributed by atoms with Gasteiger partial charge < -0.3 is 69.0 Å². The number of nitrogens with zero attached hydrogens (tertiary/aromatic N) is 6. The normalized spacial score (nSPS) is 15.9. The number of hydrogen-bond acceptors (Lipinski definition) is 17. The minimum absolute atomic E-state index is 0.0178. The van der Waals surface area contributed by atoms with Gasteiger partial charge in [-0.25, -0.2) is 13.4 Å². The van der Waals surface area contributed by atoms with E-state index in [-0.39, 0.29) is 84.9 Å². The number of carbonyl (C=O) groups is 3. The van der Waals surface area contributed by atoms with E-state index in [0.717, 1.165) is 42.3 Å². The van der Waals surface area contributed by atoms with Crippen LogP contribution in [0.5, 0.6) is 11.5 Å². The van der Waals surface area contributed by atoms with E-state index in [1.165, 1.54) is 26.4 Å². The summed E-state index contributed by atoms with van der Waals surface area (Å²) >= 11 is 0. The average Bonchev–Trinajstić information content (AvgIpc) is 3.64. The van der Waals surface area contributed by atoms with Crippen LogP contribution in [-0.2, 0) is 44.9 Å². The Labute approximate surface area is 488 Å². The Hall–Kier alpha value is -7.37. The Morgan fingerprint density at radius 1 is 0.821 bits per heavy atom. The van der Waals surface area contributed by atoms with E-state index < -0.39 is 22.6 Å². The number of halogens is 3. The standard InChI is InChI=1S/C59H75F3N10O11S/c1-6-49-57(75)69(2)51-38-65-58(68-55(51)72(49)42-11-7-8-12-42)67-48-18-16-40(35-52(48)78-3)56(74)64-24-28-81-30-32-83-34-33-82-31-29-80-27-22-54(73)70-25-20-41(21-26-70)66-46-14-9-15-50-45(46)36-43(71(50)39-59(60,61)62)13-10-23-63-47-19-17-44(84(5,76)77)37-53(47)79-4/h9,14-19,35-38,41-42,49,63,66H,6-8,11-12,20-34,39H2,1-5H3,(H,64,74)(H,65,67,68)/t49-/m1/s1. The van der Waals surface area contributed by atoms with Gasteiger partial charge in [0.2, 0.25) is 17.8 Å². The van der Waals surface area contributed by atoms with Crippen molar-refractivity contribution in [1.82, 2.24) is 24.8 Å². The summed E-state index contributed by atoms with van der Waals surface area (Å²) in [5, 5.41) is 13.2. The molecule has 5 aromatic rings. The van der Waals surface area contributed by atoms with Crippen molar-refractivity contribution < 1.29 is 64.4 Å². The molecule has 4 N–H and O–H groups in total. The number of benzene rings is 3. The average molecular weight is 1190 g/mol. The second-order valence-electron chi connectivity index (χ2n) is 20.6. The number of anilines is 6. The van der Waals surface area contributed by atoms with Crippen LogP contribution in [0.3, 0.4) is 0 Å². The van der Waals surface area contributed by atoms with Crippen LogP contribution in [0.1, 0.15) is 74.3 Å². The fraction of sp³-hybridized carbons (Fsp3) is 0.508. The first-order chi connectivity index (χ1) is 40.5. The maximum absolute atomic E-state index is 13.9. The molecule has 0 spiro atoms. The molecule has 4 heterocycles. The molecule has 2 aromatic heterocycles. The quantitative estimate of drug-likeness (QED) is 0.0282. The van der Waals surface area contributed by atoms with Gasteiger partial charge in [0.1, 0.15) is 29.8 Å². The highest BCUT2D eigenvalue weighted by Crippen LogP contribution is 2.41. The SMILES string of the molecule is CC[C@@H]1C(=O)N(C)c2cnc(Nc3ccc(C(=O)NCCOCCOCCOCCOCCC(=O)N4CCC(Nc5cccc6c5cc(C#CCNc5ccc(S(C)(=O)=O)cc5OC)n6CC(F)(F)F)CC4)cc3OC)nc2N1C1CCCC1. The number of likely N-dealkylation sites (tertiary alicyclic amines) is 1. The third-order valence-corrected chi connectivity index (χ3v) is 16.0. The van der Waals surface area contributed by atoms with Crippen molar-refractivity contribution in [2.45, 2.75) is 94.0 Å². The highest BCUT2D eigenvalue weighted by atomic mass is 32.2. The summed E-state index contributed by atoms with van der Waals surface area (Å²) in [6, 6.07) is 16.2. The van der Waals surface area contributed by atoms with Gasteiger partial charge in [-0.15, -0.1) is 0 Å². The summed E-state index contributed by atoms with van der Waals surface area (Å²) in [6.07, 6.45) is 4.71. The molecule has 3 aromatic carbocycles. The molecule has 1 saturated carbocycles. The molecule has 2 fully saturated rings. The number of ether oxygens (including phenoxy) is 6. The molecule has 2 aliphatic heterocycles. The van der Waals surface area contributed by atoms with Crippen LogP contribution in [0, 0.1) is 11.8 Å². The van der Waals surface area contributed by atoms with Crippen LogP contribution in [0.2, 0.25) is 0 Å². The van der Waals surface area contributed by atoms with Crippen LogP contribution in [-0.4, -0.2) is 176 Å². The number of nitrogens with one attached hydrogen (secondary N) is 4. The minimum Gasteiger partial charge on any atom is -0.495 e. The molecule has 0 unspecified atom stereocenters. The summed E-state index contributed by atoms with van der Waals surface area (Å²) in [5.74, 6) is 7.31. The van der Waals surface area contributed by atoms with Gasteiger partial charge in [-0.3, -0.25) is 14.4 Å². The molecule has 0 radical (unpaired) electrons. The summed E-state index contributed by atoms with van der Waals surface area (Å²) in [7, 11) is 1.23. The van der Waals surface area contributed by atoms with Gasteiger partial charge in [0, 0.05) is 67.7 Å². The number of likely N-dealkylation sites (N-methyl/N-ethyl adjacent to an activating group) is 1. The molecule has 84 heavy (non-hydrogen) atoms. The van der Waals surface area contributed by atoms with Gasteiger partial charge in [-0.1, -0.05) is 31.8 Å². The molecule has 8 rings (SSSR count). The van der Waals surface area contributed by atoms with E-state index in [1.54, 1.807) is 65.5 Å². The van der Waals surface area contributed by atoms with Crippen LogP contribution in [0.4, 0.5) is 47.7 Å². The van der Waals surface area contributed by atoms with E-state index in [1.807, 2.05) is 13.0 Å². The largest absolute Gasteiger partial charge is 0.495 e. The van der Waals surface area contributed by atoms with Crippen molar-refractivity contribution in [3.05, 3.63) is 78.1 Å². The molecule has 21 nitrogen and oxygen atoms in total. The second-order valence-corrected chi connectivity index (χ2v) is 22.6. The number of rotatable bonds is 28. The molecular weight excluding hydrogens is 1110 g/mol. The number of alkyl halides is 3. The number of carbonyl (C=O) groups excluding carboxylic acids is 3. The molecule has 25 heteroatoms. The van der Waals surface area contributed by atoms with E-state index in [4.69, 9.17) is 33.4 Å². The Bertz CT molecular complexity index is 3250. The Kier molecular flexibility index (Phi) is 22.0. The van der Waals surface area contributed by atoms with Gasteiger partial charge in [0.05, 0.1) is 114 Å². The maximum Gasteiger partial charge on any atom is 0.406 e. The number of hydrogen-bond donors (Lipinski definition) is 4. The highest BCUT2D eigenvalue weighted by Gasteiger charge is 2.41. The highest BCUT2D eigenvalue weighted by molar-refractivity contribution is 7.90. The Morgan fingerprint density at radius 3 is 2.15 bits per heavy atom. The lowest BCUT2D eigenvalue weighted by Crippen LogP contribution is -2.55. The molecule has 1 atom stereocenters. The Morgan fingerprint density at radius 2 is 1.49 bits per heavy atom. The fourth-order valence-electron chi connectivity index (χ4n) is 10.6. The van der Waals surface area contributed by atoms with Gasteiger partial charge in [-0.2, -0.15) is 18.2 Å². The van der Waals surface area contributed by atoms with Gasteiger partial charge >= 0.3 is 6.18 Å². The first-order valence-corrected chi connectivity index (χ1v) is 30.2. The number of aromatic nitrogens is 3. The fourth-order valence-corrected chi connectivity index (χ4v) is 11.2. The molecule has 454 valence electrons. The summed E-state index contributed by atoms with van der Waals surface area (Å²) < 4.78 is 100. The zero-order chi connectivity index (χ0) is 59.8. The van der Waals surface area contributed by atoms with Gasteiger partial charge in [0.15, 0.2) is 15.7 Å². The second kappa shape index (κ2) is 29.4. The van der Waals surface area contributed by atoms with Gasteiger partial charge in [0.25, 0.3) is 5.91 Å². The zero-order valence-electron chi connectivity index (χ0n) is 48.1. The number of sulfone groups is 1. The van der Waals surface area contributed by atoms with Crippen molar-refractivity contribution in [1.29, 1.82) is 0 Å². The third-order valence-electron chi connectivity index (χ3n) is 14.9. The topological polar surface area (TPSA) is 229 Å². The molecular formula is C59H75F3N10O11S. The van der Waals surface area contributed by atoms with Crippen LogP contribution in [0.25, 0.3) is 10.9 Å². The third kappa shape index (κ3) is 16.5. The lowest BCUT2D eigenvalue weighted by Gasteiger charge is -2.43. The maximum atomic E-state index is 13.9. The van der Waals surface area contributed by atoms with Crippen LogP contribution < -0.4 is 40.5 Å². The van der Waals surface area contributed by atoms with E-state index in [0.29, 0.717) is 123 Å². The molecule has 3 amide bonds. The predicted molar refractivity (Wildman–Crippen MR) is 313 cm³/mol. The first-order valence-electron chi connectivity index (χ1n) is 28.3. The summed E-state index contributed by atoms with van der Waals surface area (Å²) in [5.41, 5.74) is 3.36. The van der Waals surface area contributed by atoms with Crippen LogP contribution in [0.15, 0.2) is 71.8 Å². The zero-order valence-corrected chi connectivity index (χ0v) is 49.0. The molecule has 3 aliphatic rings. The lowest BCUT2D eigenvalue weighted by molar-refractivity contribution is -0.140. The number of methoxy groups -OCH3 is 2. The van der Waals surface area contributed by atoms with Gasteiger partial charge in [-0.05, 0) is 86.6 Å². The number of amides is 3. The van der Waals surface area contributed by atoms with Crippen LogP contribution >= 0.6 is 0 Å². The van der Waals surface area contributed by atoms with Crippen molar-refractivity contribution in [2.24, 2.45) is 0 Å². The summed E-state index contributed by atoms with van der Waals surface area (Å²) in [4.78, 5) is 54.5. The Balaban J connectivity index is 0.667. The molecule has 1 saturated heterocycles. The minimum atomic E-state index is -4.50. The van der Waals surface area contributed by atoms with E-state index >= 15 is 0 Å². The lowest BCUT2D eigenvalue weighted by atomic mass is 10.0. The molecule has 1 aliphatic carbocycles. The predicted octanol–water partition coefficient (Wildman–Crippen LogP) is 7.41. The van der Waals surface area contributed by atoms with E-state index in [9.17, 15) is 36.0 Å². The smallest absolute Gasteiger partial charge is 0.406 e. The monoisotopic (exact) mass is 1190 g/mol. The number of piperidine rings is 1. The van der Waals surface area contributed by atoms with E-state index in [2.05, 4.69) is 43.0 Å². The summed E-state index contributed by atoms with van der Waals surface area (Å²) in [6.45, 7) is 4.70. The first kappa shape index (κ1) is 62.7. The van der Waals surface area contributed by atoms with Crippen molar-refractivity contribution >= 4 is 73.0 Å². The van der Waals surface area contributed by atoms with Crippen molar-refractivity contribution in [2.75, 3.05) is 132 Å². The van der Waals surface area contributed by atoms with Crippen molar-refractivity contribution in [3.8, 4) is 23.3 Å².